The SMILES string of the molecule is COc1ccc(CN2c3ccccc3Oc3ccccc32)cc1O. The molecule has 1 aliphatic rings. The Morgan fingerprint density at radius 3 is 2.12 bits per heavy atom. The quantitative estimate of drug-likeness (QED) is 0.749. The molecule has 3 aromatic rings. The van der Waals surface area contributed by atoms with Crippen molar-refractivity contribution in [3.05, 3.63) is 72.3 Å². The van der Waals surface area contributed by atoms with Gasteiger partial charge < -0.3 is 19.5 Å². The Bertz CT molecular complexity index is 846. The van der Waals surface area contributed by atoms with Gasteiger partial charge in [-0.05, 0) is 42.0 Å². The van der Waals surface area contributed by atoms with E-state index in [0.717, 1.165) is 28.4 Å². The third-order valence-corrected chi connectivity index (χ3v) is 4.12. The lowest BCUT2D eigenvalue weighted by molar-refractivity contribution is 0.373. The molecule has 0 atom stereocenters. The largest absolute Gasteiger partial charge is 0.504 e. The number of methoxy groups -OCH3 is 1. The van der Waals surface area contributed by atoms with Crippen LogP contribution in [-0.2, 0) is 6.54 Å². The highest BCUT2D eigenvalue weighted by Gasteiger charge is 2.23. The van der Waals surface area contributed by atoms with Crippen molar-refractivity contribution in [3.8, 4) is 23.0 Å². The van der Waals surface area contributed by atoms with Crippen LogP contribution in [-0.4, -0.2) is 12.2 Å². The fourth-order valence-corrected chi connectivity index (χ4v) is 2.97. The fraction of sp³-hybridized carbons (Fsp3) is 0.100. The van der Waals surface area contributed by atoms with E-state index in [9.17, 15) is 5.11 Å². The average Bonchev–Trinajstić information content (AvgIpc) is 2.62. The maximum absolute atomic E-state index is 10.0. The highest BCUT2D eigenvalue weighted by Crippen LogP contribution is 2.47. The van der Waals surface area contributed by atoms with E-state index in [-0.39, 0.29) is 5.75 Å². The molecule has 0 bridgehead atoms. The molecule has 4 nitrogen and oxygen atoms in total. The fourth-order valence-electron chi connectivity index (χ4n) is 2.97. The summed E-state index contributed by atoms with van der Waals surface area (Å²) in [5, 5.41) is 10.0. The van der Waals surface area contributed by atoms with Crippen LogP contribution in [0.4, 0.5) is 11.4 Å². The lowest BCUT2D eigenvalue weighted by Gasteiger charge is -2.32. The summed E-state index contributed by atoms with van der Waals surface area (Å²) in [6.45, 7) is 0.620. The molecule has 0 aromatic heterocycles. The highest BCUT2D eigenvalue weighted by atomic mass is 16.5. The predicted molar refractivity (Wildman–Crippen MR) is 93.5 cm³/mol. The van der Waals surface area contributed by atoms with Crippen molar-refractivity contribution in [2.24, 2.45) is 0 Å². The van der Waals surface area contributed by atoms with E-state index in [2.05, 4.69) is 4.90 Å². The van der Waals surface area contributed by atoms with Gasteiger partial charge in [-0.1, -0.05) is 30.3 Å². The minimum atomic E-state index is 0.143. The zero-order valence-corrected chi connectivity index (χ0v) is 13.3. The Balaban J connectivity index is 1.76. The molecule has 0 aliphatic carbocycles. The molecule has 3 aromatic carbocycles. The lowest BCUT2D eigenvalue weighted by atomic mass is 10.1. The second-order valence-electron chi connectivity index (χ2n) is 5.63. The van der Waals surface area contributed by atoms with Crippen LogP contribution in [0, 0.1) is 0 Å². The standard InChI is InChI=1S/C20H17NO3/c1-23-20-11-10-14(12-17(20)22)13-21-15-6-2-4-8-18(15)24-19-9-5-3-7-16(19)21/h2-12,22H,13H2,1H3. The van der Waals surface area contributed by atoms with Gasteiger partial charge >= 0.3 is 0 Å². The van der Waals surface area contributed by atoms with Gasteiger partial charge in [-0.25, -0.2) is 0 Å². The van der Waals surface area contributed by atoms with Crippen LogP contribution in [0.25, 0.3) is 0 Å². The third-order valence-electron chi connectivity index (χ3n) is 4.12. The predicted octanol–water partition coefficient (Wildman–Crippen LogP) is 4.84. The van der Waals surface area contributed by atoms with E-state index in [1.165, 1.54) is 0 Å². The molecular formula is C20H17NO3. The maximum Gasteiger partial charge on any atom is 0.160 e. The summed E-state index contributed by atoms with van der Waals surface area (Å²) < 4.78 is 11.1. The monoisotopic (exact) mass is 319 g/mol. The Morgan fingerprint density at radius 1 is 0.917 bits per heavy atom. The molecule has 24 heavy (non-hydrogen) atoms. The number of aromatic hydroxyl groups is 1. The normalized spacial score (nSPS) is 12.1. The summed E-state index contributed by atoms with van der Waals surface area (Å²) in [7, 11) is 1.54. The molecular weight excluding hydrogens is 302 g/mol. The van der Waals surface area contributed by atoms with Crippen LogP contribution < -0.4 is 14.4 Å². The number of para-hydroxylation sites is 4. The Kier molecular flexibility index (Phi) is 3.50. The zero-order chi connectivity index (χ0) is 16.5. The summed E-state index contributed by atoms with van der Waals surface area (Å²) in [5.41, 5.74) is 3.00. The molecule has 120 valence electrons. The second kappa shape index (κ2) is 5.81. The number of nitrogens with zero attached hydrogens (tertiary/aromatic N) is 1. The van der Waals surface area contributed by atoms with Crippen molar-refractivity contribution in [3.63, 3.8) is 0 Å². The van der Waals surface area contributed by atoms with Crippen molar-refractivity contribution in [1.29, 1.82) is 0 Å². The van der Waals surface area contributed by atoms with Crippen LogP contribution in [0.3, 0.4) is 0 Å². The van der Waals surface area contributed by atoms with Gasteiger partial charge in [0.15, 0.2) is 23.0 Å². The van der Waals surface area contributed by atoms with Gasteiger partial charge in [-0.15, -0.1) is 0 Å². The number of ether oxygens (including phenoxy) is 2. The number of phenolic OH excluding ortho intramolecular Hbond substituents is 1. The van der Waals surface area contributed by atoms with Crippen LogP contribution >= 0.6 is 0 Å². The van der Waals surface area contributed by atoms with Crippen molar-refractivity contribution < 1.29 is 14.6 Å². The average molecular weight is 319 g/mol. The van der Waals surface area contributed by atoms with E-state index in [1.54, 1.807) is 19.2 Å². The number of hydrogen-bond acceptors (Lipinski definition) is 4. The first kappa shape index (κ1) is 14.5. The highest BCUT2D eigenvalue weighted by molar-refractivity contribution is 5.77. The van der Waals surface area contributed by atoms with E-state index in [0.29, 0.717) is 12.3 Å². The lowest BCUT2D eigenvalue weighted by Crippen LogP contribution is -2.20. The van der Waals surface area contributed by atoms with Crippen LogP contribution in [0.5, 0.6) is 23.0 Å². The van der Waals surface area contributed by atoms with E-state index in [1.807, 2.05) is 54.6 Å². The summed E-state index contributed by atoms with van der Waals surface area (Å²) in [5.74, 6) is 2.27. The number of hydrogen-bond donors (Lipinski definition) is 1. The van der Waals surface area contributed by atoms with E-state index in [4.69, 9.17) is 9.47 Å². The van der Waals surface area contributed by atoms with E-state index >= 15 is 0 Å². The van der Waals surface area contributed by atoms with Gasteiger partial charge in [0.25, 0.3) is 0 Å². The molecule has 0 radical (unpaired) electrons. The van der Waals surface area contributed by atoms with Crippen molar-refractivity contribution in [2.75, 3.05) is 12.0 Å². The Labute approximate surface area is 140 Å². The van der Waals surface area contributed by atoms with Gasteiger partial charge in [-0.3, -0.25) is 0 Å². The zero-order valence-electron chi connectivity index (χ0n) is 13.3. The van der Waals surface area contributed by atoms with Gasteiger partial charge in [0.05, 0.1) is 18.5 Å². The minimum absolute atomic E-state index is 0.143. The van der Waals surface area contributed by atoms with Crippen LogP contribution in [0.1, 0.15) is 5.56 Å². The van der Waals surface area contributed by atoms with Crippen molar-refractivity contribution >= 4 is 11.4 Å². The van der Waals surface area contributed by atoms with Gasteiger partial charge in [0.1, 0.15) is 0 Å². The topological polar surface area (TPSA) is 41.9 Å². The first-order valence-corrected chi connectivity index (χ1v) is 7.75. The first-order valence-electron chi connectivity index (χ1n) is 7.75. The number of benzene rings is 3. The summed E-state index contributed by atoms with van der Waals surface area (Å²) in [6.07, 6.45) is 0. The van der Waals surface area contributed by atoms with Gasteiger partial charge in [0, 0.05) is 6.54 Å². The smallest absolute Gasteiger partial charge is 0.160 e. The molecule has 1 heterocycles. The Morgan fingerprint density at radius 2 is 1.54 bits per heavy atom. The molecule has 1 aliphatic heterocycles. The van der Waals surface area contributed by atoms with Crippen LogP contribution in [0.15, 0.2) is 66.7 Å². The molecule has 1 N–H and O–H groups in total. The van der Waals surface area contributed by atoms with Gasteiger partial charge in [0.2, 0.25) is 0 Å². The minimum Gasteiger partial charge on any atom is -0.504 e. The number of fused-ring (bicyclic) bond motifs is 2. The Hall–Kier alpha value is -3.14. The molecule has 0 fully saturated rings. The molecule has 0 amide bonds. The van der Waals surface area contributed by atoms with Gasteiger partial charge in [-0.2, -0.15) is 0 Å². The summed E-state index contributed by atoms with van der Waals surface area (Å²) in [6, 6.07) is 21.4. The first-order chi connectivity index (χ1) is 11.8. The van der Waals surface area contributed by atoms with Crippen molar-refractivity contribution in [2.45, 2.75) is 6.54 Å². The van der Waals surface area contributed by atoms with Crippen molar-refractivity contribution in [1.82, 2.24) is 0 Å². The molecule has 4 rings (SSSR count). The third kappa shape index (κ3) is 2.42. The van der Waals surface area contributed by atoms with Crippen LogP contribution in [0.2, 0.25) is 0 Å². The number of anilines is 2. The molecule has 4 heteroatoms. The molecule has 0 saturated carbocycles. The summed E-state index contributed by atoms with van der Waals surface area (Å²) >= 11 is 0. The second-order valence-corrected chi connectivity index (χ2v) is 5.63. The maximum atomic E-state index is 10.0. The number of rotatable bonds is 3. The summed E-state index contributed by atoms with van der Waals surface area (Å²) in [4.78, 5) is 2.19. The number of phenols is 1. The molecule has 0 spiro atoms. The molecule has 0 unspecified atom stereocenters. The van der Waals surface area contributed by atoms with E-state index < -0.39 is 0 Å². The molecule has 0 saturated heterocycles.